The molecule has 0 spiro atoms. The minimum Gasteiger partial charge on any atom is -0.508 e. The van der Waals surface area contributed by atoms with E-state index in [2.05, 4.69) is 10.6 Å². The van der Waals surface area contributed by atoms with E-state index in [4.69, 9.17) is 4.74 Å². The number of carbonyl (C=O) groups is 3. The van der Waals surface area contributed by atoms with Gasteiger partial charge in [-0.25, -0.2) is 4.79 Å². The largest absolute Gasteiger partial charge is 0.508 e. The Hall–Kier alpha value is -2.77. The summed E-state index contributed by atoms with van der Waals surface area (Å²) in [6.07, 6.45) is -0.136. The first-order valence-electron chi connectivity index (χ1n) is 11.3. The number of alkyl carbamates (subject to hydrolysis) is 1. The summed E-state index contributed by atoms with van der Waals surface area (Å²) in [7, 11) is 0. The average Bonchev–Trinajstić information content (AvgIpc) is 2.63. The molecule has 0 aromatic heterocycles. The third kappa shape index (κ3) is 8.59. The molecule has 1 aromatic rings. The van der Waals surface area contributed by atoms with E-state index in [9.17, 15) is 19.5 Å². The SMILES string of the molecule is CCC(C)(C)N(C(=O)CNC(=O)OC(C)(C)C)C(C(=O)NC(C)(C)C)c1ccc(O)c(C)c1. The lowest BCUT2D eigenvalue weighted by Gasteiger charge is -2.44. The topological polar surface area (TPSA) is 108 Å². The van der Waals surface area contributed by atoms with Crippen LogP contribution in [0.5, 0.6) is 5.75 Å². The quantitative estimate of drug-likeness (QED) is 0.562. The molecular formula is C25H41N3O5. The molecule has 1 unspecified atom stereocenters. The smallest absolute Gasteiger partial charge is 0.408 e. The predicted molar refractivity (Wildman–Crippen MR) is 129 cm³/mol. The summed E-state index contributed by atoms with van der Waals surface area (Å²) in [4.78, 5) is 40.6. The molecule has 0 bridgehead atoms. The van der Waals surface area contributed by atoms with Crippen molar-refractivity contribution in [2.75, 3.05) is 6.54 Å². The van der Waals surface area contributed by atoms with Gasteiger partial charge in [0.2, 0.25) is 11.8 Å². The number of phenolic OH excluding ortho intramolecular Hbond substituents is 1. The summed E-state index contributed by atoms with van der Waals surface area (Å²) in [6.45, 7) is 17.9. The van der Waals surface area contributed by atoms with Gasteiger partial charge in [-0.2, -0.15) is 0 Å². The molecule has 1 atom stereocenters. The fourth-order valence-corrected chi connectivity index (χ4v) is 3.25. The number of benzene rings is 1. The van der Waals surface area contributed by atoms with Crippen LogP contribution in [-0.4, -0.2) is 51.1 Å². The Bertz CT molecular complexity index is 866. The molecule has 8 heteroatoms. The number of aromatic hydroxyl groups is 1. The molecule has 1 aromatic carbocycles. The van der Waals surface area contributed by atoms with Gasteiger partial charge in [-0.3, -0.25) is 9.59 Å². The Balaban J connectivity index is 3.45. The second-order valence-corrected chi connectivity index (χ2v) is 11.0. The third-order valence-electron chi connectivity index (χ3n) is 5.11. The summed E-state index contributed by atoms with van der Waals surface area (Å²) in [5.74, 6) is -0.667. The Morgan fingerprint density at radius 2 is 1.64 bits per heavy atom. The molecule has 8 nitrogen and oxygen atoms in total. The molecule has 0 saturated heterocycles. The van der Waals surface area contributed by atoms with Gasteiger partial charge in [0.1, 0.15) is 23.9 Å². The van der Waals surface area contributed by atoms with Crippen LogP contribution in [-0.2, 0) is 14.3 Å². The zero-order valence-corrected chi connectivity index (χ0v) is 21.8. The molecular weight excluding hydrogens is 422 g/mol. The number of ether oxygens (including phenoxy) is 1. The Morgan fingerprint density at radius 3 is 2.09 bits per heavy atom. The highest BCUT2D eigenvalue weighted by atomic mass is 16.6. The van der Waals surface area contributed by atoms with E-state index in [0.717, 1.165) is 0 Å². The maximum absolute atomic E-state index is 13.5. The van der Waals surface area contributed by atoms with Crippen LogP contribution in [0.25, 0.3) is 0 Å². The molecule has 3 N–H and O–H groups in total. The lowest BCUT2D eigenvalue weighted by Crippen LogP contribution is -2.57. The number of carbonyl (C=O) groups excluding carboxylic acids is 3. The number of aryl methyl sites for hydroxylation is 1. The number of amides is 3. The third-order valence-corrected chi connectivity index (χ3v) is 5.11. The maximum atomic E-state index is 13.5. The van der Waals surface area contributed by atoms with Crippen LogP contribution >= 0.6 is 0 Å². The monoisotopic (exact) mass is 463 g/mol. The van der Waals surface area contributed by atoms with Crippen molar-refractivity contribution in [2.45, 2.75) is 98.4 Å². The maximum Gasteiger partial charge on any atom is 0.408 e. The van der Waals surface area contributed by atoms with Crippen molar-refractivity contribution in [3.8, 4) is 5.75 Å². The van der Waals surface area contributed by atoms with Crippen LogP contribution in [0.15, 0.2) is 18.2 Å². The van der Waals surface area contributed by atoms with Gasteiger partial charge < -0.3 is 25.4 Å². The van der Waals surface area contributed by atoms with Crippen LogP contribution in [0.4, 0.5) is 4.79 Å². The number of hydrogen-bond acceptors (Lipinski definition) is 5. The second kappa shape index (κ2) is 10.4. The van der Waals surface area contributed by atoms with Crippen molar-refractivity contribution in [3.63, 3.8) is 0 Å². The van der Waals surface area contributed by atoms with Gasteiger partial charge >= 0.3 is 6.09 Å². The molecule has 0 heterocycles. The van der Waals surface area contributed by atoms with Crippen LogP contribution in [0.1, 0.15) is 85.9 Å². The molecule has 0 aliphatic rings. The number of hydrogen-bond donors (Lipinski definition) is 3. The summed E-state index contributed by atoms with van der Waals surface area (Å²) in [5, 5.41) is 15.5. The van der Waals surface area contributed by atoms with Crippen LogP contribution in [0.2, 0.25) is 0 Å². The highest BCUT2D eigenvalue weighted by Crippen LogP contribution is 2.33. The standard InChI is InChI=1S/C25H41N3O5/c1-11-25(9,10)28(19(30)15-26-22(32)33-24(6,7)8)20(21(31)27-23(3,4)5)17-12-13-18(29)16(2)14-17/h12-14,20,29H,11,15H2,1-10H3,(H,26,32)(H,27,31). The van der Waals surface area contributed by atoms with Gasteiger partial charge in [-0.1, -0.05) is 13.0 Å². The average molecular weight is 464 g/mol. The van der Waals surface area contributed by atoms with Crippen molar-refractivity contribution in [1.29, 1.82) is 0 Å². The first kappa shape index (κ1) is 28.3. The van der Waals surface area contributed by atoms with Crippen LogP contribution < -0.4 is 10.6 Å². The van der Waals surface area contributed by atoms with Gasteiger partial charge in [0.05, 0.1) is 0 Å². The van der Waals surface area contributed by atoms with Crippen molar-refractivity contribution in [3.05, 3.63) is 29.3 Å². The molecule has 1 rings (SSSR count). The highest BCUT2D eigenvalue weighted by Gasteiger charge is 2.41. The zero-order chi connectivity index (χ0) is 25.8. The number of nitrogens with one attached hydrogen (secondary N) is 2. The van der Waals surface area contributed by atoms with Crippen LogP contribution in [0.3, 0.4) is 0 Å². The summed E-state index contributed by atoms with van der Waals surface area (Å²) < 4.78 is 5.24. The first-order valence-corrected chi connectivity index (χ1v) is 11.3. The molecule has 186 valence electrons. The molecule has 3 amide bonds. The van der Waals surface area contributed by atoms with Crippen molar-refractivity contribution in [2.24, 2.45) is 0 Å². The summed E-state index contributed by atoms with van der Waals surface area (Å²) in [6, 6.07) is 3.90. The molecule has 0 fully saturated rings. The van der Waals surface area contributed by atoms with E-state index < -0.39 is 34.7 Å². The van der Waals surface area contributed by atoms with E-state index in [1.807, 2.05) is 41.5 Å². The molecule has 0 radical (unpaired) electrons. The van der Waals surface area contributed by atoms with E-state index in [1.54, 1.807) is 39.8 Å². The van der Waals surface area contributed by atoms with E-state index in [-0.39, 0.29) is 18.2 Å². The molecule has 0 saturated carbocycles. The second-order valence-electron chi connectivity index (χ2n) is 11.0. The van der Waals surface area contributed by atoms with E-state index >= 15 is 0 Å². The minimum absolute atomic E-state index is 0.105. The molecule has 33 heavy (non-hydrogen) atoms. The minimum atomic E-state index is -0.966. The zero-order valence-electron chi connectivity index (χ0n) is 21.8. The van der Waals surface area contributed by atoms with Crippen molar-refractivity contribution >= 4 is 17.9 Å². The lowest BCUT2D eigenvalue weighted by molar-refractivity contribution is -0.147. The van der Waals surface area contributed by atoms with Gasteiger partial charge in [0, 0.05) is 11.1 Å². The highest BCUT2D eigenvalue weighted by molar-refractivity contribution is 5.91. The van der Waals surface area contributed by atoms with Crippen molar-refractivity contribution in [1.82, 2.24) is 15.5 Å². The van der Waals surface area contributed by atoms with E-state index in [1.165, 1.54) is 11.0 Å². The van der Waals surface area contributed by atoms with Gasteiger partial charge in [0.15, 0.2) is 0 Å². The number of nitrogens with zero attached hydrogens (tertiary/aromatic N) is 1. The fourth-order valence-electron chi connectivity index (χ4n) is 3.25. The fraction of sp³-hybridized carbons (Fsp3) is 0.640. The van der Waals surface area contributed by atoms with Crippen molar-refractivity contribution < 1.29 is 24.2 Å². The summed E-state index contributed by atoms with van der Waals surface area (Å²) in [5.41, 5.74) is -0.776. The predicted octanol–water partition coefficient (Wildman–Crippen LogP) is 4.20. The Morgan fingerprint density at radius 1 is 1.06 bits per heavy atom. The Kier molecular flexibility index (Phi) is 8.94. The number of rotatable bonds is 7. The number of phenols is 1. The van der Waals surface area contributed by atoms with Gasteiger partial charge in [0.25, 0.3) is 0 Å². The lowest BCUT2D eigenvalue weighted by atomic mass is 9.91. The normalized spacial score (nSPS) is 13.2. The van der Waals surface area contributed by atoms with Crippen LogP contribution in [0, 0.1) is 6.92 Å². The molecule has 0 aliphatic carbocycles. The Labute approximate surface area is 198 Å². The van der Waals surface area contributed by atoms with Gasteiger partial charge in [-0.15, -0.1) is 0 Å². The van der Waals surface area contributed by atoms with Gasteiger partial charge in [-0.05, 0) is 92.0 Å². The molecule has 0 aliphatic heterocycles. The summed E-state index contributed by atoms with van der Waals surface area (Å²) >= 11 is 0. The first-order chi connectivity index (χ1) is 14.9. The van der Waals surface area contributed by atoms with E-state index in [0.29, 0.717) is 17.5 Å².